The second-order valence-corrected chi connectivity index (χ2v) is 6.94. The van der Waals surface area contributed by atoms with E-state index in [4.69, 9.17) is 11.6 Å². The standard InChI is InChI=1S/C21H14ClF3N4O/c22-16-10-17(21(23,24)25)19-28-27-18(29(19)12-16)11-26-20(30)15-8-6-14(7-9-15)13-4-2-1-3-5-13/h1-10,12H,11H2,(H,26,30). The summed E-state index contributed by atoms with van der Waals surface area (Å²) in [7, 11) is 0. The van der Waals surface area contributed by atoms with Gasteiger partial charge >= 0.3 is 6.18 Å². The molecule has 0 radical (unpaired) electrons. The Bertz CT molecular complexity index is 1200. The van der Waals surface area contributed by atoms with Gasteiger partial charge in [0.2, 0.25) is 0 Å². The van der Waals surface area contributed by atoms with Crippen LogP contribution in [0.25, 0.3) is 16.8 Å². The average molecular weight is 431 g/mol. The van der Waals surface area contributed by atoms with Crippen LogP contribution in [-0.4, -0.2) is 20.5 Å². The molecule has 2 heterocycles. The quantitative estimate of drug-likeness (QED) is 0.495. The van der Waals surface area contributed by atoms with Gasteiger partial charge in [-0.25, -0.2) is 0 Å². The number of fused-ring (bicyclic) bond motifs is 1. The van der Waals surface area contributed by atoms with Gasteiger partial charge < -0.3 is 5.32 Å². The van der Waals surface area contributed by atoms with Crippen LogP contribution in [-0.2, 0) is 12.7 Å². The number of pyridine rings is 1. The highest BCUT2D eigenvalue weighted by atomic mass is 35.5. The number of hydrogen-bond donors (Lipinski definition) is 1. The zero-order chi connectivity index (χ0) is 21.3. The molecule has 0 bridgehead atoms. The van der Waals surface area contributed by atoms with Crippen LogP contribution in [0, 0.1) is 0 Å². The number of alkyl halides is 3. The number of aromatic nitrogens is 3. The smallest absolute Gasteiger partial charge is 0.345 e. The van der Waals surface area contributed by atoms with Gasteiger partial charge in [-0.1, -0.05) is 54.1 Å². The first-order chi connectivity index (χ1) is 14.3. The van der Waals surface area contributed by atoms with Gasteiger partial charge in [-0.05, 0) is 29.3 Å². The lowest BCUT2D eigenvalue weighted by molar-refractivity contribution is -0.136. The lowest BCUT2D eigenvalue weighted by atomic mass is 10.0. The van der Waals surface area contributed by atoms with E-state index in [0.29, 0.717) is 5.56 Å². The van der Waals surface area contributed by atoms with Crippen molar-refractivity contribution in [1.82, 2.24) is 19.9 Å². The van der Waals surface area contributed by atoms with Gasteiger partial charge in [-0.2, -0.15) is 13.2 Å². The van der Waals surface area contributed by atoms with E-state index in [1.54, 1.807) is 12.1 Å². The van der Waals surface area contributed by atoms with E-state index in [1.165, 1.54) is 6.20 Å². The fraction of sp³-hybridized carbons (Fsp3) is 0.0952. The molecule has 0 aliphatic carbocycles. The lowest BCUT2D eigenvalue weighted by Crippen LogP contribution is -2.24. The van der Waals surface area contributed by atoms with E-state index in [-0.39, 0.29) is 28.9 Å². The van der Waals surface area contributed by atoms with Crippen LogP contribution in [0.1, 0.15) is 21.7 Å². The minimum absolute atomic E-state index is 0.112. The van der Waals surface area contributed by atoms with Crippen molar-refractivity contribution in [2.75, 3.05) is 0 Å². The maximum absolute atomic E-state index is 13.2. The SMILES string of the molecule is O=C(NCc1nnc2c(C(F)(F)F)cc(Cl)cn12)c1ccc(-c2ccccc2)cc1. The van der Waals surface area contributed by atoms with Gasteiger partial charge in [-0.15, -0.1) is 10.2 Å². The molecule has 9 heteroatoms. The Morgan fingerprint density at radius 1 is 1.00 bits per heavy atom. The Labute approximate surface area is 174 Å². The Hall–Kier alpha value is -3.39. The summed E-state index contributed by atoms with van der Waals surface area (Å²) < 4.78 is 40.7. The fourth-order valence-corrected chi connectivity index (χ4v) is 3.25. The van der Waals surface area contributed by atoms with Crippen LogP contribution in [0.2, 0.25) is 5.02 Å². The van der Waals surface area contributed by atoms with Crippen molar-refractivity contribution in [2.24, 2.45) is 0 Å². The molecule has 4 aromatic rings. The molecule has 0 atom stereocenters. The van der Waals surface area contributed by atoms with E-state index >= 15 is 0 Å². The van der Waals surface area contributed by atoms with E-state index in [0.717, 1.165) is 21.6 Å². The number of nitrogens with one attached hydrogen (secondary N) is 1. The van der Waals surface area contributed by atoms with Crippen molar-refractivity contribution in [3.8, 4) is 11.1 Å². The molecule has 2 aromatic heterocycles. The molecule has 1 N–H and O–H groups in total. The molecular formula is C21H14ClF3N4O. The predicted molar refractivity (Wildman–Crippen MR) is 106 cm³/mol. The maximum atomic E-state index is 13.2. The van der Waals surface area contributed by atoms with Crippen LogP contribution in [0.15, 0.2) is 66.9 Å². The normalized spacial score (nSPS) is 11.6. The highest BCUT2D eigenvalue weighted by Gasteiger charge is 2.35. The topological polar surface area (TPSA) is 59.3 Å². The van der Waals surface area contributed by atoms with Crippen LogP contribution < -0.4 is 5.32 Å². The molecule has 30 heavy (non-hydrogen) atoms. The first kappa shape index (κ1) is 19.9. The second-order valence-electron chi connectivity index (χ2n) is 6.51. The van der Waals surface area contributed by atoms with E-state index < -0.39 is 11.7 Å². The zero-order valence-electron chi connectivity index (χ0n) is 15.3. The first-order valence-corrected chi connectivity index (χ1v) is 9.25. The van der Waals surface area contributed by atoms with Crippen molar-refractivity contribution in [1.29, 1.82) is 0 Å². The summed E-state index contributed by atoms with van der Waals surface area (Å²) in [6.07, 6.45) is -3.34. The molecule has 152 valence electrons. The van der Waals surface area contributed by atoms with Crippen molar-refractivity contribution < 1.29 is 18.0 Å². The minimum Gasteiger partial charge on any atom is -0.345 e. The molecule has 0 saturated carbocycles. The van der Waals surface area contributed by atoms with Crippen LogP contribution in [0.5, 0.6) is 0 Å². The molecule has 0 aliphatic rings. The van der Waals surface area contributed by atoms with E-state index in [1.807, 2.05) is 42.5 Å². The Morgan fingerprint density at radius 3 is 2.33 bits per heavy atom. The third-order valence-corrected chi connectivity index (χ3v) is 4.72. The van der Waals surface area contributed by atoms with Crippen molar-refractivity contribution in [3.05, 3.63) is 88.8 Å². The van der Waals surface area contributed by atoms with Gasteiger partial charge in [0.05, 0.1) is 11.6 Å². The Morgan fingerprint density at radius 2 is 1.67 bits per heavy atom. The van der Waals surface area contributed by atoms with Crippen LogP contribution >= 0.6 is 11.6 Å². The summed E-state index contributed by atoms with van der Waals surface area (Å²) in [5.41, 5.74) is 1.04. The maximum Gasteiger partial charge on any atom is 0.420 e. The van der Waals surface area contributed by atoms with Crippen LogP contribution in [0.4, 0.5) is 13.2 Å². The molecule has 5 nitrogen and oxygen atoms in total. The first-order valence-electron chi connectivity index (χ1n) is 8.87. The summed E-state index contributed by atoms with van der Waals surface area (Å²) in [6, 6.07) is 17.5. The lowest BCUT2D eigenvalue weighted by Gasteiger charge is -2.09. The number of amides is 1. The van der Waals surface area contributed by atoms with Gasteiger partial charge in [-0.3, -0.25) is 9.20 Å². The highest BCUT2D eigenvalue weighted by molar-refractivity contribution is 6.30. The number of nitrogens with zero attached hydrogens (tertiary/aromatic N) is 3. The van der Waals surface area contributed by atoms with Gasteiger partial charge in [0.25, 0.3) is 5.91 Å². The predicted octanol–water partition coefficient (Wildman–Crippen LogP) is 5.00. The fourth-order valence-electron chi connectivity index (χ4n) is 3.04. The third kappa shape index (κ3) is 3.99. The van der Waals surface area contributed by atoms with Crippen molar-refractivity contribution in [3.63, 3.8) is 0 Å². The van der Waals surface area contributed by atoms with Crippen molar-refractivity contribution >= 4 is 23.2 Å². The molecule has 0 fully saturated rings. The van der Waals surface area contributed by atoms with Gasteiger partial charge in [0.15, 0.2) is 11.5 Å². The number of benzene rings is 2. The summed E-state index contributed by atoms with van der Waals surface area (Å²) in [6.45, 7) is -0.113. The number of carbonyl (C=O) groups is 1. The Kier molecular flexibility index (Phi) is 5.17. The number of halogens is 4. The Balaban J connectivity index is 1.52. The van der Waals surface area contributed by atoms with E-state index in [2.05, 4.69) is 15.5 Å². The summed E-state index contributed by atoms with van der Waals surface area (Å²) >= 11 is 5.82. The largest absolute Gasteiger partial charge is 0.420 e. The summed E-state index contributed by atoms with van der Waals surface area (Å²) in [5, 5.41) is 9.91. The molecule has 0 unspecified atom stereocenters. The van der Waals surface area contributed by atoms with Crippen LogP contribution in [0.3, 0.4) is 0 Å². The van der Waals surface area contributed by atoms with Gasteiger partial charge in [0.1, 0.15) is 5.56 Å². The average Bonchev–Trinajstić information content (AvgIpc) is 3.14. The second kappa shape index (κ2) is 7.79. The number of carbonyl (C=O) groups excluding carboxylic acids is 1. The molecule has 2 aromatic carbocycles. The molecule has 0 spiro atoms. The molecule has 0 saturated heterocycles. The van der Waals surface area contributed by atoms with Crippen molar-refractivity contribution in [2.45, 2.75) is 12.7 Å². The summed E-state index contributed by atoms with van der Waals surface area (Å²) in [5.74, 6) is -0.253. The number of hydrogen-bond acceptors (Lipinski definition) is 3. The molecule has 4 rings (SSSR count). The van der Waals surface area contributed by atoms with Gasteiger partial charge in [0, 0.05) is 11.8 Å². The molecule has 1 amide bonds. The van der Waals surface area contributed by atoms with E-state index in [9.17, 15) is 18.0 Å². The zero-order valence-corrected chi connectivity index (χ0v) is 16.1. The third-order valence-electron chi connectivity index (χ3n) is 4.51. The monoisotopic (exact) mass is 430 g/mol. The molecular weight excluding hydrogens is 417 g/mol. The molecule has 0 aliphatic heterocycles. The number of rotatable bonds is 4. The summed E-state index contributed by atoms with van der Waals surface area (Å²) in [4.78, 5) is 12.4. The highest BCUT2D eigenvalue weighted by Crippen LogP contribution is 2.33. The minimum atomic E-state index is -4.62.